The Labute approximate surface area is 149 Å². The number of hydrogen-bond donors (Lipinski definition) is 3. The van der Waals surface area contributed by atoms with Crippen LogP contribution in [0.3, 0.4) is 0 Å². The summed E-state index contributed by atoms with van der Waals surface area (Å²) >= 11 is 4.86. The van der Waals surface area contributed by atoms with Crippen molar-refractivity contribution in [3.8, 4) is 5.75 Å². The van der Waals surface area contributed by atoms with E-state index >= 15 is 0 Å². The van der Waals surface area contributed by atoms with Gasteiger partial charge in [0, 0.05) is 0 Å². The van der Waals surface area contributed by atoms with Crippen LogP contribution in [0, 0.1) is 12.7 Å². The largest absolute Gasteiger partial charge is 0.484 e. The van der Waals surface area contributed by atoms with E-state index in [2.05, 4.69) is 16.2 Å². The van der Waals surface area contributed by atoms with Crippen molar-refractivity contribution in [2.24, 2.45) is 0 Å². The Morgan fingerprint density at radius 3 is 2.44 bits per heavy atom. The monoisotopic (exact) mass is 361 g/mol. The molecule has 0 aromatic heterocycles. The maximum atomic E-state index is 13.5. The smallest absolute Gasteiger partial charge is 0.276 e. The van der Waals surface area contributed by atoms with Gasteiger partial charge in [-0.15, -0.1) is 0 Å². The second-order valence-electron chi connectivity index (χ2n) is 5.04. The van der Waals surface area contributed by atoms with Crippen LogP contribution in [0.2, 0.25) is 0 Å². The molecule has 0 aliphatic carbocycles. The van der Waals surface area contributed by atoms with Crippen LogP contribution in [0.25, 0.3) is 0 Å². The predicted molar refractivity (Wildman–Crippen MR) is 94.4 cm³/mol. The standard InChI is InChI=1S/C17H16FN3O3S/c1-11-6-8-12(9-7-11)24-10-15(22)20-21-17(25)19-16(23)13-4-2-3-5-14(13)18/h2-9H,10H2,1H3,(H,20,22)(H2,19,21,23,25). The zero-order valence-electron chi connectivity index (χ0n) is 13.3. The number of halogens is 1. The van der Waals surface area contributed by atoms with Crippen LogP contribution in [-0.4, -0.2) is 23.5 Å². The van der Waals surface area contributed by atoms with E-state index in [-0.39, 0.29) is 17.3 Å². The minimum Gasteiger partial charge on any atom is -0.484 e. The van der Waals surface area contributed by atoms with Crippen LogP contribution in [0.1, 0.15) is 15.9 Å². The molecule has 0 bridgehead atoms. The normalized spacial score (nSPS) is 9.84. The van der Waals surface area contributed by atoms with Crippen LogP contribution in [-0.2, 0) is 4.79 Å². The van der Waals surface area contributed by atoms with Gasteiger partial charge in [-0.25, -0.2) is 4.39 Å². The fourth-order valence-electron chi connectivity index (χ4n) is 1.79. The summed E-state index contributed by atoms with van der Waals surface area (Å²) in [6.07, 6.45) is 0. The summed E-state index contributed by atoms with van der Waals surface area (Å²) in [5, 5.41) is 2.09. The van der Waals surface area contributed by atoms with Crippen molar-refractivity contribution < 1.29 is 18.7 Å². The zero-order valence-corrected chi connectivity index (χ0v) is 14.2. The molecule has 0 unspecified atom stereocenters. The van der Waals surface area contributed by atoms with Crippen molar-refractivity contribution in [3.05, 3.63) is 65.5 Å². The first kappa shape index (κ1) is 18.3. The van der Waals surface area contributed by atoms with E-state index in [0.717, 1.165) is 11.6 Å². The Morgan fingerprint density at radius 1 is 1.08 bits per heavy atom. The lowest BCUT2D eigenvalue weighted by Gasteiger charge is -2.11. The van der Waals surface area contributed by atoms with Gasteiger partial charge in [-0.05, 0) is 43.4 Å². The number of hydrogen-bond acceptors (Lipinski definition) is 4. The maximum absolute atomic E-state index is 13.5. The van der Waals surface area contributed by atoms with Crippen molar-refractivity contribution in [3.63, 3.8) is 0 Å². The highest BCUT2D eigenvalue weighted by Gasteiger charge is 2.12. The highest BCUT2D eigenvalue weighted by Crippen LogP contribution is 2.10. The first-order valence-electron chi connectivity index (χ1n) is 7.30. The Balaban J connectivity index is 1.74. The molecule has 25 heavy (non-hydrogen) atoms. The van der Waals surface area contributed by atoms with Crippen molar-refractivity contribution >= 4 is 29.1 Å². The lowest BCUT2D eigenvalue weighted by Crippen LogP contribution is -2.49. The van der Waals surface area contributed by atoms with E-state index in [1.807, 2.05) is 19.1 Å². The van der Waals surface area contributed by atoms with Crippen molar-refractivity contribution in [1.82, 2.24) is 16.2 Å². The Kier molecular flexibility index (Phi) is 6.41. The van der Waals surface area contributed by atoms with Crippen molar-refractivity contribution in [1.29, 1.82) is 0 Å². The molecule has 2 rings (SSSR count). The first-order valence-corrected chi connectivity index (χ1v) is 7.70. The molecule has 0 aliphatic heterocycles. The molecule has 0 saturated carbocycles. The molecule has 0 spiro atoms. The molecular weight excluding hydrogens is 345 g/mol. The summed E-state index contributed by atoms with van der Waals surface area (Å²) in [5.41, 5.74) is 5.54. The Bertz CT molecular complexity index is 781. The third-order valence-corrected chi connectivity index (χ3v) is 3.26. The number of hydrazine groups is 1. The molecule has 2 amide bonds. The van der Waals surface area contributed by atoms with E-state index in [9.17, 15) is 14.0 Å². The average Bonchev–Trinajstić information content (AvgIpc) is 2.59. The summed E-state index contributed by atoms with van der Waals surface area (Å²) in [6.45, 7) is 1.71. The number of carbonyl (C=O) groups is 2. The van der Waals surface area contributed by atoms with Gasteiger partial charge in [-0.3, -0.25) is 25.8 Å². The summed E-state index contributed by atoms with van der Waals surface area (Å²) < 4.78 is 18.8. The fourth-order valence-corrected chi connectivity index (χ4v) is 1.94. The number of aryl methyl sites for hydroxylation is 1. The zero-order chi connectivity index (χ0) is 18.2. The number of rotatable bonds is 4. The number of thiocarbonyl (C=S) groups is 1. The van der Waals surface area contributed by atoms with Crippen LogP contribution >= 0.6 is 12.2 Å². The SMILES string of the molecule is Cc1ccc(OCC(=O)NNC(=S)NC(=O)c2ccccc2F)cc1. The summed E-state index contributed by atoms with van der Waals surface area (Å²) in [5.74, 6) is -1.33. The first-order chi connectivity index (χ1) is 12.0. The molecule has 0 radical (unpaired) electrons. The number of amides is 2. The van der Waals surface area contributed by atoms with Crippen molar-refractivity contribution in [2.75, 3.05) is 6.61 Å². The Hall–Kier alpha value is -3.00. The second kappa shape index (κ2) is 8.74. The van der Waals surface area contributed by atoms with E-state index < -0.39 is 17.6 Å². The quantitative estimate of drug-likeness (QED) is 0.572. The number of carbonyl (C=O) groups excluding carboxylic acids is 2. The molecule has 0 atom stereocenters. The summed E-state index contributed by atoms with van der Waals surface area (Å²) in [7, 11) is 0. The van der Waals surface area contributed by atoms with Gasteiger partial charge in [0.15, 0.2) is 11.7 Å². The molecule has 6 nitrogen and oxygen atoms in total. The van der Waals surface area contributed by atoms with Crippen LogP contribution < -0.4 is 20.9 Å². The lowest BCUT2D eigenvalue weighted by molar-refractivity contribution is -0.123. The molecule has 0 aliphatic rings. The third kappa shape index (κ3) is 5.85. The van der Waals surface area contributed by atoms with Gasteiger partial charge < -0.3 is 4.74 Å². The van der Waals surface area contributed by atoms with Gasteiger partial charge in [0.1, 0.15) is 11.6 Å². The maximum Gasteiger partial charge on any atom is 0.276 e. The molecular formula is C17H16FN3O3S. The molecule has 0 heterocycles. The minimum absolute atomic E-state index is 0.152. The third-order valence-electron chi connectivity index (χ3n) is 3.05. The van der Waals surface area contributed by atoms with E-state index in [1.165, 1.54) is 18.2 Å². The molecule has 2 aromatic rings. The topological polar surface area (TPSA) is 79.5 Å². The second-order valence-corrected chi connectivity index (χ2v) is 5.45. The van der Waals surface area contributed by atoms with E-state index in [4.69, 9.17) is 17.0 Å². The molecule has 8 heteroatoms. The summed E-state index contributed by atoms with van der Waals surface area (Å²) in [4.78, 5) is 23.5. The minimum atomic E-state index is -0.722. The lowest BCUT2D eigenvalue weighted by atomic mass is 10.2. The van der Waals surface area contributed by atoms with Crippen molar-refractivity contribution in [2.45, 2.75) is 6.92 Å². The highest BCUT2D eigenvalue weighted by molar-refractivity contribution is 7.80. The molecule has 2 aromatic carbocycles. The number of ether oxygens (including phenoxy) is 1. The molecule has 0 saturated heterocycles. The predicted octanol–water partition coefficient (Wildman–Crippen LogP) is 1.85. The van der Waals surface area contributed by atoms with E-state index in [1.54, 1.807) is 12.1 Å². The molecule has 0 fully saturated rings. The Morgan fingerprint density at radius 2 is 1.76 bits per heavy atom. The van der Waals surface area contributed by atoms with Gasteiger partial charge in [0.05, 0.1) is 5.56 Å². The van der Waals surface area contributed by atoms with Crippen LogP contribution in [0.15, 0.2) is 48.5 Å². The van der Waals surface area contributed by atoms with Gasteiger partial charge in [-0.2, -0.15) is 0 Å². The van der Waals surface area contributed by atoms with Gasteiger partial charge in [-0.1, -0.05) is 29.8 Å². The van der Waals surface area contributed by atoms with Gasteiger partial charge >= 0.3 is 0 Å². The van der Waals surface area contributed by atoms with Gasteiger partial charge in [0.25, 0.3) is 11.8 Å². The average molecular weight is 361 g/mol. The highest BCUT2D eigenvalue weighted by atomic mass is 32.1. The van der Waals surface area contributed by atoms with Crippen LogP contribution in [0.5, 0.6) is 5.75 Å². The number of benzene rings is 2. The molecule has 130 valence electrons. The van der Waals surface area contributed by atoms with E-state index in [0.29, 0.717) is 5.75 Å². The van der Waals surface area contributed by atoms with Crippen LogP contribution in [0.4, 0.5) is 4.39 Å². The van der Waals surface area contributed by atoms with Gasteiger partial charge in [0.2, 0.25) is 0 Å². The molecule has 3 N–H and O–H groups in total. The fraction of sp³-hybridized carbons (Fsp3) is 0.118. The summed E-state index contributed by atoms with van der Waals surface area (Å²) in [6, 6.07) is 12.7. The number of nitrogens with one attached hydrogen (secondary N) is 3.